The Labute approximate surface area is 100 Å². The second-order valence-corrected chi connectivity index (χ2v) is 4.94. The summed E-state index contributed by atoms with van der Waals surface area (Å²) < 4.78 is 7.74. The van der Waals surface area contributed by atoms with Crippen LogP contribution < -0.4 is 10.5 Å². The second kappa shape index (κ2) is 3.94. The number of fused-ring (bicyclic) bond motifs is 1. The Balaban J connectivity index is 2.71. The number of benzene rings is 1. The summed E-state index contributed by atoms with van der Waals surface area (Å²) in [6.45, 7) is 2.67. The number of nitrogens with two attached hydrogens (primary N) is 1. The van der Waals surface area contributed by atoms with Crippen LogP contribution in [0.4, 0.5) is 5.69 Å². The number of anilines is 1. The van der Waals surface area contributed by atoms with E-state index in [2.05, 4.69) is 28.7 Å². The molecule has 2 rings (SSSR count). The second-order valence-electron chi connectivity index (χ2n) is 2.87. The molecule has 1 aromatic heterocycles. The van der Waals surface area contributed by atoms with Gasteiger partial charge in [-0.3, -0.25) is 0 Å². The van der Waals surface area contributed by atoms with E-state index < -0.39 is 0 Å². The molecule has 0 saturated carbocycles. The van der Waals surface area contributed by atoms with Gasteiger partial charge in [-0.1, -0.05) is 0 Å². The van der Waals surface area contributed by atoms with Crippen molar-refractivity contribution < 1.29 is 4.74 Å². The van der Waals surface area contributed by atoms with Gasteiger partial charge < -0.3 is 10.5 Å². The molecule has 0 saturated heterocycles. The lowest BCUT2D eigenvalue weighted by molar-refractivity contribution is 0.344. The average Bonchev–Trinajstić information content (AvgIpc) is 2.63. The molecular formula is C10H10INOS. The van der Waals surface area contributed by atoms with Gasteiger partial charge in [0, 0.05) is 8.96 Å². The molecule has 0 spiro atoms. The van der Waals surface area contributed by atoms with Crippen molar-refractivity contribution in [3.63, 3.8) is 0 Å². The molecule has 0 bridgehead atoms. The van der Waals surface area contributed by atoms with E-state index in [1.165, 1.54) is 0 Å². The van der Waals surface area contributed by atoms with Gasteiger partial charge in [0.15, 0.2) is 0 Å². The van der Waals surface area contributed by atoms with Gasteiger partial charge in [0.25, 0.3) is 0 Å². The molecular weight excluding hydrogens is 309 g/mol. The molecule has 4 heteroatoms. The van der Waals surface area contributed by atoms with Crippen LogP contribution in [0.15, 0.2) is 17.5 Å². The fraction of sp³-hybridized carbons (Fsp3) is 0.200. The van der Waals surface area contributed by atoms with Crippen LogP contribution in [-0.2, 0) is 0 Å². The molecule has 2 aromatic rings. The first-order valence-corrected chi connectivity index (χ1v) is 6.28. The minimum absolute atomic E-state index is 0.685. The fourth-order valence-electron chi connectivity index (χ4n) is 1.37. The van der Waals surface area contributed by atoms with E-state index >= 15 is 0 Å². The fourth-order valence-corrected chi connectivity index (χ4v) is 2.97. The lowest BCUT2D eigenvalue weighted by atomic mass is 10.2. The van der Waals surface area contributed by atoms with Crippen molar-refractivity contribution in [1.82, 2.24) is 0 Å². The number of ether oxygens (including phenoxy) is 1. The quantitative estimate of drug-likeness (QED) is 0.679. The molecule has 0 aliphatic carbocycles. The van der Waals surface area contributed by atoms with Gasteiger partial charge in [0.05, 0.1) is 17.0 Å². The third-order valence-electron chi connectivity index (χ3n) is 1.99. The summed E-state index contributed by atoms with van der Waals surface area (Å²) in [5, 5.41) is 3.16. The Bertz CT molecular complexity index is 466. The minimum atomic E-state index is 0.685. The van der Waals surface area contributed by atoms with Crippen LogP contribution in [0.3, 0.4) is 0 Å². The predicted octanol–water partition coefficient (Wildman–Crippen LogP) is 3.49. The number of hydrogen-bond donors (Lipinski definition) is 1. The van der Waals surface area contributed by atoms with Crippen molar-refractivity contribution in [2.75, 3.05) is 12.3 Å². The highest BCUT2D eigenvalue weighted by Crippen LogP contribution is 2.37. The van der Waals surface area contributed by atoms with Gasteiger partial charge >= 0.3 is 0 Å². The standard InChI is InChI=1S/C10H10INOS/c1-2-13-8-5-7(11)9(12)10-6(8)3-4-14-10/h3-5H,2,12H2,1H3. The zero-order valence-electron chi connectivity index (χ0n) is 7.71. The van der Waals surface area contributed by atoms with E-state index in [1.54, 1.807) is 11.3 Å². The van der Waals surface area contributed by atoms with Crippen LogP contribution in [0.5, 0.6) is 5.75 Å². The molecule has 0 radical (unpaired) electrons. The van der Waals surface area contributed by atoms with Crippen LogP contribution in [0, 0.1) is 3.57 Å². The summed E-state index contributed by atoms with van der Waals surface area (Å²) in [7, 11) is 0. The van der Waals surface area contributed by atoms with Gasteiger partial charge in [-0.05, 0) is 47.0 Å². The highest BCUT2D eigenvalue weighted by Gasteiger charge is 2.09. The number of halogens is 1. The SMILES string of the molecule is CCOc1cc(I)c(N)c2sccc12. The van der Waals surface area contributed by atoms with E-state index in [9.17, 15) is 0 Å². The molecule has 0 atom stereocenters. The molecule has 2 N–H and O–H groups in total. The van der Waals surface area contributed by atoms with Crippen LogP contribution in [0.25, 0.3) is 10.1 Å². The largest absolute Gasteiger partial charge is 0.493 e. The molecule has 0 aliphatic rings. The monoisotopic (exact) mass is 319 g/mol. The lowest BCUT2D eigenvalue weighted by Crippen LogP contribution is -1.95. The first-order valence-electron chi connectivity index (χ1n) is 4.32. The van der Waals surface area contributed by atoms with E-state index in [0.717, 1.165) is 25.1 Å². The van der Waals surface area contributed by atoms with Crippen LogP contribution in [-0.4, -0.2) is 6.61 Å². The Morgan fingerprint density at radius 3 is 3.07 bits per heavy atom. The van der Waals surface area contributed by atoms with E-state index in [0.29, 0.717) is 6.61 Å². The van der Waals surface area contributed by atoms with Crippen molar-refractivity contribution in [2.45, 2.75) is 6.92 Å². The maximum Gasteiger partial charge on any atom is 0.129 e. The van der Waals surface area contributed by atoms with Crippen LogP contribution in [0.2, 0.25) is 0 Å². The zero-order chi connectivity index (χ0) is 10.1. The van der Waals surface area contributed by atoms with Crippen LogP contribution in [0.1, 0.15) is 6.92 Å². The third-order valence-corrected chi connectivity index (χ3v) is 3.83. The molecule has 2 nitrogen and oxygen atoms in total. The molecule has 1 aromatic carbocycles. The Morgan fingerprint density at radius 2 is 2.36 bits per heavy atom. The van der Waals surface area contributed by atoms with E-state index in [4.69, 9.17) is 10.5 Å². The first-order chi connectivity index (χ1) is 6.74. The van der Waals surface area contributed by atoms with Gasteiger partial charge in [-0.2, -0.15) is 0 Å². The number of nitrogen functional groups attached to an aromatic ring is 1. The number of hydrogen-bond acceptors (Lipinski definition) is 3. The highest BCUT2D eigenvalue weighted by atomic mass is 127. The van der Waals surface area contributed by atoms with E-state index in [1.807, 2.05) is 18.4 Å². The number of thiophene rings is 1. The summed E-state index contributed by atoms with van der Waals surface area (Å²) in [5.41, 5.74) is 6.84. The summed E-state index contributed by atoms with van der Waals surface area (Å²) in [5.74, 6) is 0.933. The Hall–Kier alpha value is -0.490. The molecule has 0 aliphatic heterocycles. The molecule has 0 fully saturated rings. The highest BCUT2D eigenvalue weighted by molar-refractivity contribution is 14.1. The van der Waals surface area contributed by atoms with Gasteiger partial charge in [0.1, 0.15) is 5.75 Å². The van der Waals surface area contributed by atoms with Crippen molar-refractivity contribution in [3.8, 4) is 5.75 Å². The summed E-state index contributed by atoms with van der Waals surface area (Å²) in [4.78, 5) is 0. The Kier molecular flexibility index (Phi) is 2.83. The molecule has 0 amide bonds. The van der Waals surface area contributed by atoms with E-state index in [-0.39, 0.29) is 0 Å². The Morgan fingerprint density at radius 1 is 1.57 bits per heavy atom. The predicted molar refractivity (Wildman–Crippen MR) is 70.1 cm³/mol. The molecule has 1 heterocycles. The zero-order valence-corrected chi connectivity index (χ0v) is 10.7. The summed E-state index contributed by atoms with van der Waals surface area (Å²) in [6.07, 6.45) is 0. The molecule has 14 heavy (non-hydrogen) atoms. The van der Waals surface area contributed by atoms with Crippen molar-refractivity contribution >= 4 is 49.7 Å². The van der Waals surface area contributed by atoms with Gasteiger partial charge in [-0.25, -0.2) is 0 Å². The molecule has 0 unspecified atom stereocenters. The van der Waals surface area contributed by atoms with Crippen molar-refractivity contribution in [1.29, 1.82) is 0 Å². The van der Waals surface area contributed by atoms with Crippen molar-refractivity contribution in [2.24, 2.45) is 0 Å². The van der Waals surface area contributed by atoms with Crippen LogP contribution >= 0.6 is 33.9 Å². The van der Waals surface area contributed by atoms with Gasteiger partial charge in [-0.15, -0.1) is 11.3 Å². The topological polar surface area (TPSA) is 35.2 Å². The summed E-state index contributed by atoms with van der Waals surface area (Å²) in [6, 6.07) is 4.05. The maximum absolute atomic E-state index is 5.98. The lowest BCUT2D eigenvalue weighted by Gasteiger charge is -2.07. The first kappa shape index (κ1) is 10.0. The minimum Gasteiger partial charge on any atom is -0.493 e. The summed E-state index contributed by atoms with van der Waals surface area (Å²) >= 11 is 3.90. The molecule has 74 valence electrons. The normalized spacial score (nSPS) is 10.7. The number of rotatable bonds is 2. The average molecular weight is 319 g/mol. The smallest absolute Gasteiger partial charge is 0.129 e. The maximum atomic E-state index is 5.98. The third kappa shape index (κ3) is 1.56. The van der Waals surface area contributed by atoms with Gasteiger partial charge in [0.2, 0.25) is 0 Å². The van der Waals surface area contributed by atoms with Crippen molar-refractivity contribution in [3.05, 3.63) is 21.1 Å².